The fourth-order valence-corrected chi connectivity index (χ4v) is 2.25. The number of benzene rings is 1. The smallest absolute Gasteiger partial charge is 0.339 e. The summed E-state index contributed by atoms with van der Waals surface area (Å²) < 4.78 is 9.06. The summed E-state index contributed by atoms with van der Waals surface area (Å²) in [6.45, 7) is 1.78. The molecule has 0 saturated carbocycles. The van der Waals surface area contributed by atoms with E-state index in [4.69, 9.17) is 21.4 Å². The minimum absolute atomic E-state index is 0.00601. The van der Waals surface area contributed by atoms with Gasteiger partial charge in [-0.3, -0.25) is 0 Å². The summed E-state index contributed by atoms with van der Waals surface area (Å²) in [5, 5.41) is 12.8. The average molecular weight is 300 g/mol. The molecular weight excluding hydrogens is 290 g/mol. The quantitative estimate of drug-likeness (QED) is 0.903. The highest BCUT2D eigenvalue weighted by Gasteiger charge is 2.15. The Morgan fingerprint density at radius 1 is 1.53 bits per heavy atom. The number of ether oxygens (including phenoxy) is 1. The van der Waals surface area contributed by atoms with Gasteiger partial charge in [-0.1, -0.05) is 11.6 Å². The number of anilines is 2. The Balaban J connectivity index is 2.38. The molecule has 0 aliphatic rings. The zero-order valence-corrected chi connectivity index (χ0v) is 11.7. The second-order valence-corrected chi connectivity index (χ2v) is 4.77. The van der Waals surface area contributed by atoms with Crippen molar-refractivity contribution in [2.24, 2.45) is 0 Å². The van der Waals surface area contributed by atoms with Gasteiger partial charge >= 0.3 is 5.97 Å². The third kappa shape index (κ3) is 2.94. The largest absolute Gasteiger partial charge is 0.496 e. The number of aromatic nitrogens is 2. The van der Waals surface area contributed by atoms with Crippen LogP contribution in [0.25, 0.3) is 0 Å². The number of carbonyl (C=O) groups is 1. The van der Waals surface area contributed by atoms with E-state index in [0.29, 0.717) is 16.6 Å². The number of methoxy groups -OCH3 is 1. The first-order valence-electron chi connectivity index (χ1n) is 5.19. The van der Waals surface area contributed by atoms with E-state index in [2.05, 4.69) is 14.7 Å². The lowest BCUT2D eigenvalue weighted by Crippen LogP contribution is -2.02. The molecule has 0 fully saturated rings. The molecule has 0 spiro atoms. The molecule has 0 amide bonds. The van der Waals surface area contributed by atoms with Crippen molar-refractivity contribution >= 4 is 39.9 Å². The van der Waals surface area contributed by atoms with Crippen molar-refractivity contribution in [1.29, 1.82) is 0 Å². The predicted molar refractivity (Wildman–Crippen MR) is 72.9 cm³/mol. The Morgan fingerprint density at radius 2 is 2.26 bits per heavy atom. The van der Waals surface area contributed by atoms with Gasteiger partial charge in [-0.05, 0) is 13.0 Å². The van der Waals surface area contributed by atoms with Gasteiger partial charge in [0.05, 0.1) is 17.8 Å². The van der Waals surface area contributed by atoms with E-state index < -0.39 is 5.97 Å². The van der Waals surface area contributed by atoms with Crippen LogP contribution in [0.15, 0.2) is 12.1 Å². The molecule has 0 aliphatic carbocycles. The first kappa shape index (κ1) is 13.6. The molecule has 0 radical (unpaired) electrons. The maximum Gasteiger partial charge on any atom is 0.339 e. The van der Waals surface area contributed by atoms with E-state index in [1.807, 2.05) is 0 Å². The van der Waals surface area contributed by atoms with E-state index in [1.54, 1.807) is 6.92 Å². The minimum Gasteiger partial charge on any atom is -0.496 e. The first-order valence-corrected chi connectivity index (χ1v) is 6.34. The van der Waals surface area contributed by atoms with Crippen LogP contribution in [0.3, 0.4) is 0 Å². The number of rotatable bonds is 4. The van der Waals surface area contributed by atoms with Gasteiger partial charge in [0.2, 0.25) is 5.13 Å². The summed E-state index contributed by atoms with van der Waals surface area (Å²) in [7, 11) is 1.40. The molecular formula is C11H10ClN3O3S. The second-order valence-electron chi connectivity index (χ2n) is 3.61. The molecule has 2 N–H and O–H groups in total. The standard InChI is InChI=1S/C11H10ClN3O3S/c1-5-13-11(19-15-5)14-8-4-9(18-2)6(10(16)17)3-7(8)12/h3-4H,1-2H3,(H,16,17)(H,13,14,15). The molecule has 8 heteroatoms. The fourth-order valence-electron chi connectivity index (χ4n) is 1.45. The maximum atomic E-state index is 11.0. The Bertz CT molecular complexity index is 630. The van der Waals surface area contributed by atoms with Gasteiger partial charge in [-0.25, -0.2) is 9.78 Å². The number of carboxylic acids is 1. The van der Waals surface area contributed by atoms with Crippen molar-refractivity contribution in [1.82, 2.24) is 9.36 Å². The summed E-state index contributed by atoms with van der Waals surface area (Å²) >= 11 is 7.22. The molecule has 0 saturated heterocycles. The van der Waals surface area contributed by atoms with Crippen LogP contribution in [-0.2, 0) is 0 Å². The molecule has 100 valence electrons. The van der Waals surface area contributed by atoms with Crippen LogP contribution in [0.2, 0.25) is 5.02 Å². The van der Waals surface area contributed by atoms with Gasteiger partial charge in [0.15, 0.2) is 0 Å². The second kappa shape index (κ2) is 5.41. The molecule has 0 atom stereocenters. The minimum atomic E-state index is -1.10. The van der Waals surface area contributed by atoms with E-state index in [9.17, 15) is 4.79 Å². The Morgan fingerprint density at radius 3 is 2.79 bits per heavy atom. The Labute approximate surface area is 118 Å². The number of hydrogen-bond acceptors (Lipinski definition) is 6. The molecule has 0 unspecified atom stereocenters. The lowest BCUT2D eigenvalue weighted by molar-refractivity contribution is 0.0693. The first-order chi connectivity index (χ1) is 9.01. The van der Waals surface area contributed by atoms with Crippen LogP contribution in [-0.4, -0.2) is 27.5 Å². The lowest BCUT2D eigenvalue weighted by atomic mass is 10.2. The van der Waals surface area contributed by atoms with E-state index in [-0.39, 0.29) is 16.3 Å². The van der Waals surface area contributed by atoms with E-state index >= 15 is 0 Å². The van der Waals surface area contributed by atoms with Crippen molar-refractivity contribution in [3.63, 3.8) is 0 Å². The van der Waals surface area contributed by atoms with Gasteiger partial charge in [0.25, 0.3) is 0 Å². The van der Waals surface area contributed by atoms with E-state index in [1.165, 1.54) is 30.8 Å². The molecule has 1 heterocycles. The SMILES string of the molecule is COc1cc(Nc2nc(C)ns2)c(Cl)cc1C(=O)O. The molecule has 0 aliphatic heterocycles. The molecule has 19 heavy (non-hydrogen) atoms. The van der Waals surface area contributed by atoms with Crippen molar-refractivity contribution in [3.05, 3.63) is 28.5 Å². The van der Waals surface area contributed by atoms with Gasteiger partial charge in [0.1, 0.15) is 17.1 Å². The normalized spacial score (nSPS) is 10.3. The van der Waals surface area contributed by atoms with Crippen LogP contribution >= 0.6 is 23.1 Å². The summed E-state index contributed by atoms with van der Waals surface area (Å²) in [6.07, 6.45) is 0. The van der Waals surface area contributed by atoms with Crippen LogP contribution in [0, 0.1) is 6.92 Å². The van der Waals surface area contributed by atoms with Crippen molar-refractivity contribution in [2.45, 2.75) is 6.92 Å². The maximum absolute atomic E-state index is 11.0. The summed E-state index contributed by atoms with van der Waals surface area (Å²) in [6, 6.07) is 2.85. The summed E-state index contributed by atoms with van der Waals surface area (Å²) in [4.78, 5) is 15.2. The third-order valence-electron chi connectivity index (χ3n) is 2.29. The number of aryl methyl sites for hydroxylation is 1. The zero-order valence-electron chi connectivity index (χ0n) is 10.1. The Hall–Kier alpha value is -1.86. The molecule has 1 aromatic heterocycles. The lowest BCUT2D eigenvalue weighted by Gasteiger charge is -2.10. The molecule has 0 bridgehead atoms. The van der Waals surface area contributed by atoms with Crippen LogP contribution < -0.4 is 10.1 Å². The summed E-state index contributed by atoms with van der Waals surface area (Å²) in [5.41, 5.74) is 0.520. The topological polar surface area (TPSA) is 84.3 Å². The summed E-state index contributed by atoms with van der Waals surface area (Å²) in [5.74, 6) is -0.226. The van der Waals surface area contributed by atoms with Gasteiger partial charge in [-0.2, -0.15) is 4.37 Å². The van der Waals surface area contributed by atoms with Crippen molar-refractivity contribution < 1.29 is 14.6 Å². The van der Waals surface area contributed by atoms with Gasteiger partial charge < -0.3 is 15.2 Å². The van der Waals surface area contributed by atoms with Gasteiger partial charge in [-0.15, -0.1) is 0 Å². The fraction of sp³-hybridized carbons (Fsp3) is 0.182. The highest BCUT2D eigenvalue weighted by Crippen LogP contribution is 2.33. The molecule has 2 rings (SSSR count). The number of carboxylic acid groups (broad SMARTS) is 1. The third-order valence-corrected chi connectivity index (χ3v) is 3.32. The number of nitrogens with zero attached hydrogens (tertiary/aromatic N) is 2. The predicted octanol–water partition coefficient (Wildman–Crippen LogP) is 2.95. The van der Waals surface area contributed by atoms with E-state index in [0.717, 1.165) is 0 Å². The van der Waals surface area contributed by atoms with Crippen LogP contribution in [0.1, 0.15) is 16.2 Å². The number of halogens is 1. The highest BCUT2D eigenvalue weighted by atomic mass is 35.5. The van der Waals surface area contributed by atoms with Crippen LogP contribution in [0.4, 0.5) is 10.8 Å². The van der Waals surface area contributed by atoms with Crippen LogP contribution in [0.5, 0.6) is 5.75 Å². The highest BCUT2D eigenvalue weighted by molar-refractivity contribution is 7.09. The average Bonchev–Trinajstić information content (AvgIpc) is 2.76. The number of nitrogens with one attached hydrogen (secondary N) is 1. The molecule has 1 aromatic carbocycles. The Kier molecular flexibility index (Phi) is 3.87. The van der Waals surface area contributed by atoms with Crippen molar-refractivity contribution in [2.75, 3.05) is 12.4 Å². The molecule has 2 aromatic rings. The van der Waals surface area contributed by atoms with Gasteiger partial charge in [0, 0.05) is 17.6 Å². The monoisotopic (exact) mass is 299 g/mol. The number of hydrogen-bond donors (Lipinski definition) is 2. The van der Waals surface area contributed by atoms with Crippen molar-refractivity contribution in [3.8, 4) is 5.75 Å². The number of aromatic carboxylic acids is 1. The molecule has 6 nitrogen and oxygen atoms in total. The zero-order chi connectivity index (χ0) is 14.0.